The van der Waals surface area contributed by atoms with E-state index in [0.29, 0.717) is 5.92 Å². The minimum absolute atomic E-state index is 0.574. The molecule has 0 unspecified atom stereocenters. The largest absolute Gasteiger partial charge is 0.371 e. The molecule has 0 bridgehead atoms. The minimum atomic E-state index is 0.574. The van der Waals surface area contributed by atoms with Gasteiger partial charge in [-0.3, -0.25) is 5.10 Å². The summed E-state index contributed by atoms with van der Waals surface area (Å²) in [6.45, 7) is 13.1. The molecule has 34 heavy (non-hydrogen) atoms. The number of terminal acetylenes is 1. The fourth-order valence-electron chi connectivity index (χ4n) is 5.02. The third-order valence-electron chi connectivity index (χ3n) is 6.97. The summed E-state index contributed by atoms with van der Waals surface area (Å²) < 4.78 is 0. The van der Waals surface area contributed by atoms with Gasteiger partial charge in [0.05, 0.1) is 0 Å². The molecular formula is C30H36N4. The van der Waals surface area contributed by atoms with Crippen LogP contribution in [0.25, 0.3) is 17.1 Å². The van der Waals surface area contributed by atoms with Crippen LogP contribution in [0.1, 0.15) is 79.1 Å². The highest BCUT2D eigenvalue weighted by Gasteiger charge is 2.24. The molecule has 4 nitrogen and oxygen atoms in total. The summed E-state index contributed by atoms with van der Waals surface area (Å²) in [5.74, 6) is 5.02. The Morgan fingerprint density at radius 3 is 2.47 bits per heavy atom. The van der Waals surface area contributed by atoms with Crippen LogP contribution in [0.5, 0.6) is 0 Å². The Morgan fingerprint density at radius 1 is 1.12 bits per heavy atom. The molecule has 176 valence electrons. The predicted octanol–water partition coefficient (Wildman–Crippen LogP) is 6.52. The van der Waals surface area contributed by atoms with Crippen molar-refractivity contribution >= 4 is 5.70 Å². The van der Waals surface area contributed by atoms with Crippen molar-refractivity contribution in [2.45, 2.75) is 65.2 Å². The highest BCUT2D eigenvalue weighted by atomic mass is 15.2. The van der Waals surface area contributed by atoms with Crippen LogP contribution in [0.4, 0.5) is 0 Å². The van der Waals surface area contributed by atoms with Gasteiger partial charge in [-0.2, -0.15) is 5.10 Å². The first kappa shape index (κ1) is 23.8. The van der Waals surface area contributed by atoms with Crippen molar-refractivity contribution in [3.63, 3.8) is 0 Å². The van der Waals surface area contributed by atoms with Gasteiger partial charge in [-0.1, -0.05) is 51.0 Å². The lowest BCUT2D eigenvalue weighted by molar-refractivity contribution is 0.299. The number of piperidine rings is 1. The average molecular weight is 453 g/mol. The lowest BCUT2D eigenvalue weighted by Crippen LogP contribution is -2.31. The van der Waals surface area contributed by atoms with Crippen molar-refractivity contribution in [1.82, 2.24) is 20.1 Å². The molecule has 2 aromatic carbocycles. The van der Waals surface area contributed by atoms with Gasteiger partial charge in [-0.05, 0) is 73.4 Å². The Hall–Kier alpha value is -3.32. The Labute approximate surface area is 204 Å². The summed E-state index contributed by atoms with van der Waals surface area (Å²) in [5, 5.41) is 7.63. The maximum absolute atomic E-state index is 5.51. The third-order valence-corrected chi connectivity index (χ3v) is 6.97. The van der Waals surface area contributed by atoms with Crippen LogP contribution >= 0.6 is 0 Å². The number of nitrogens with one attached hydrogen (secondary N) is 1. The topological polar surface area (TPSA) is 44.8 Å². The van der Waals surface area contributed by atoms with Gasteiger partial charge in [0.25, 0.3) is 0 Å². The van der Waals surface area contributed by atoms with Gasteiger partial charge in [0.1, 0.15) is 5.82 Å². The van der Waals surface area contributed by atoms with Crippen molar-refractivity contribution in [1.29, 1.82) is 0 Å². The molecule has 1 aromatic heterocycles. The standard InChI is InChI=1S/C30H36N4/c1-6-9-26-19-21(4)27(30-31-29(10-7-2)32-33-30)20-28(26)22(5)34-17-15-25(16-18-34)24-13-11-23(8-3)12-14-24/h3,11-14,19-20,25H,5-7,9-10,15-18H2,1-2,4H3,(H,31,32,33). The van der Waals surface area contributed by atoms with Gasteiger partial charge in [-0.25, -0.2) is 4.98 Å². The quantitative estimate of drug-likeness (QED) is 0.396. The van der Waals surface area contributed by atoms with E-state index in [1.807, 2.05) is 0 Å². The van der Waals surface area contributed by atoms with Crippen LogP contribution < -0.4 is 0 Å². The van der Waals surface area contributed by atoms with Gasteiger partial charge < -0.3 is 4.90 Å². The van der Waals surface area contributed by atoms with Crippen LogP contribution in [0.3, 0.4) is 0 Å². The predicted molar refractivity (Wildman–Crippen MR) is 142 cm³/mol. The monoisotopic (exact) mass is 452 g/mol. The van der Waals surface area contributed by atoms with Gasteiger partial charge in [0.15, 0.2) is 5.82 Å². The summed E-state index contributed by atoms with van der Waals surface area (Å²) in [4.78, 5) is 7.21. The van der Waals surface area contributed by atoms with E-state index in [1.54, 1.807) is 0 Å². The van der Waals surface area contributed by atoms with Crippen molar-refractivity contribution in [2.24, 2.45) is 0 Å². The van der Waals surface area contributed by atoms with Gasteiger partial charge in [-0.15, -0.1) is 6.42 Å². The number of aromatic nitrogens is 3. The number of aromatic amines is 1. The Kier molecular flexibility index (Phi) is 7.53. The Balaban J connectivity index is 1.55. The van der Waals surface area contributed by atoms with Crippen molar-refractivity contribution < 1.29 is 0 Å². The van der Waals surface area contributed by atoms with Crippen LogP contribution in [0, 0.1) is 19.3 Å². The summed E-state index contributed by atoms with van der Waals surface area (Å²) in [6.07, 6.45) is 11.9. The molecule has 4 rings (SSSR count). The zero-order chi connectivity index (χ0) is 24.1. The number of H-pyrrole nitrogens is 1. The van der Waals surface area contributed by atoms with Crippen LogP contribution in [-0.4, -0.2) is 33.2 Å². The van der Waals surface area contributed by atoms with Crippen molar-refractivity contribution in [3.8, 4) is 23.7 Å². The number of benzene rings is 2. The van der Waals surface area contributed by atoms with Crippen molar-refractivity contribution in [3.05, 3.63) is 76.6 Å². The third kappa shape index (κ3) is 5.09. The second-order valence-corrected chi connectivity index (χ2v) is 9.40. The molecule has 4 heteroatoms. The van der Waals surface area contributed by atoms with E-state index in [2.05, 4.69) is 84.8 Å². The van der Waals surface area contributed by atoms with E-state index in [1.165, 1.54) is 22.3 Å². The fraction of sp³-hybridized carbons (Fsp3) is 0.400. The fourth-order valence-corrected chi connectivity index (χ4v) is 5.02. The lowest BCUT2D eigenvalue weighted by Gasteiger charge is -2.36. The van der Waals surface area contributed by atoms with E-state index in [9.17, 15) is 0 Å². The molecule has 0 amide bonds. The van der Waals surface area contributed by atoms with Gasteiger partial charge in [0.2, 0.25) is 0 Å². The molecule has 0 atom stereocenters. The van der Waals surface area contributed by atoms with Gasteiger partial charge >= 0.3 is 0 Å². The summed E-state index contributed by atoms with van der Waals surface area (Å²) in [7, 11) is 0. The van der Waals surface area contributed by atoms with Crippen LogP contribution in [0.2, 0.25) is 0 Å². The maximum Gasteiger partial charge on any atom is 0.181 e. The highest BCUT2D eigenvalue weighted by molar-refractivity contribution is 5.73. The second kappa shape index (κ2) is 10.7. The minimum Gasteiger partial charge on any atom is -0.371 e. The average Bonchev–Trinajstić information content (AvgIpc) is 3.33. The van der Waals surface area contributed by atoms with E-state index < -0.39 is 0 Å². The molecule has 0 spiro atoms. The molecule has 2 heterocycles. The Morgan fingerprint density at radius 2 is 1.82 bits per heavy atom. The number of aryl methyl sites for hydroxylation is 3. The molecule has 0 saturated carbocycles. The summed E-state index contributed by atoms with van der Waals surface area (Å²) >= 11 is 0. The Bertz CT molecular complexity index is 1170. The smallest absolute Gasteiger partial charge is 0.181 e. The molecule has 3 aromatic rings. The van der Waals surface area contributed by atoms with Crippen molar-refractivity contribution in [2.75, 3.05) is 13.1 Å². The first-order chi connectivity index (χ1) is 16.5. The first-order valence-corrected chi connectivity index (χ1v) is 12.6. The molecule has 1 fully saturated rings. The first-order valence-electron chi connectivity index (χ1n) is 12.6. The number of rotatable bonds is 8. The van der Waals surface area contributed by atoms with E-state index in [0.717, 1.165) is 80.1 Å². The van der Waals surface area contributed by atoms with Crippen LogP contribution in [0.15, 0.2) is 43.0 Å². The van der Waals surface area contributed by atoms with Crippen LogP contribution in [-0.2, 0) is 12.8 Å². The molecular weight excluding hydrogens is 416 g/mol. The number of hydrogen-bond acceptors (Lipinski definition) is 3. The summed E-state index contributed by atoms with van der Waals surface area (Å²) in [5.41, 5.74) is 8.37. The number of nitrogens with zero attached hydrogens (tertiary/aromatic N) is 3. The van der Waals surface area contributed by atoms with E-state index >= 15 is 0 Å². The SMILES string of the molecule is C#Cc1ccc(C2CCN(C(=C)c3cc(-c4n[nH]c(CCC)n4)c(C)cc3CCC)CC2)cc1. The molecule has 1 N–H and O–H groups in total. The van der Waals surface area contributed by atoms with E-state index in [4.69, 9.17) is 11.4 Å². The molecule has 0 radical (unpaired) electrons. The second-order valence-electron chi connectivity index (χ2n) is 9.40. The number of hydrogen-bond donors (Lipinski definition) is 1. The normalized spacial score (nSPS) is 14.2. The molecule has 1 aliphatic rings. The zero-order valence-electron chi connectivity index (χ0n) is 20.8. The van der Waals surface area contributed by atoms with Gasteiger partial charge in [0, 0.05) is 41.9 Å². The molecule has 1 aliphatic heterocycles. The number of likely N-dealkylation sites (tertiary alicyclic amines) is 1. The zero-order valence-corrected chi connectivity index (χ0v) is 20.8. The summed E-state index contributed by atoms with van der Waals surface area (Å²) in [6, 6.07) is 13.1. The van der Waals surface area contributed by atoms with E-state index in [-0.39, 0.29) is 0 Å². The molecule has 0 aliphatic carbocycles. The highest BCUT2D eigenvalue weighted by Crippen LogP contribution is 2.35. The lowest BCUT2D eigenvalue weighted by atomic mass is 9.88. The maximum atomic E-state index is 5.51. The molecule has 1 saturated heterocycles.